The molecule has 1 aliphatic rings. The van der Waals surface area contributed by atoms with Gasteiger partial charge in [0, 0.05) is 19.2 Å². The molecule has 2 N–H and O–H groups in total. The second-order valence-corrected chi connectivity index (χ2v) is 12.0. The highest BCUT2D eigenvalue weighted by Crippen LogP contribution is 2.36. The Hall–Kier alpha value is 0.0969. The second kappa shape index (κ2) is 5.00. The smallest absolute Gasteiger partial charge is 0.192 e. The van der Waals surface area contributed by atoms with Crippen molar-refractivity contribution in [2.75, 3.05) is 13.2 Å². The van der Waals surface area contributed by atoms with E-state index < -0.39 is 13.9 Å². The molecule has 0 saturated carbocycles. The first-order valence-electron chi connectivity index (χ1n) is 6.63. The highest BCUT2D eigenvalue weighted by molar-refractivity contribution is 6.74. The highest BCUT2D eigenvalue weighted by Gasteiger charge is 2.38. The number of hydrogen-bond acceptors (Lipinski definition) is 3. The molecule has 1 rings (SSSR count). The average molecular weight is 259 g/mol. The minimum Gasteiger partial charge on any atom is -0.415 e. The maximum absolute atomic E-state index is 9.85. The van der Waals surface area contributed by atoms with Gasteiger partial charge in [0.25, 0.3) is 0 Å². The predicted molar refractivity (Wildman–Crippen MR) is 74.8 cm³/mol. The maximum atomic E-state index is 9.85. The fraction of sp³-hybridized carbons (Fsp3) is 1.00. The van der Waals surface area contributed by atoms with Gasteiger partial charge < -0.3 is 14.8 Å². The lowest BCUT2D eigenvalue weighted by Crippen LogP contribution is -2.52. The van der Waals surface area contributed by atoms with Crippen LogP contribution in [0.2, 0.25) is 18.1 Å². The van der Waals surface area contributed by atoms with E-state index in [4.69, 9.17) is 4.43 Å². The molecule has 0 spiro atoms. The van der Waals surface area contributed by atoms with Crippen LogP contribution in [-0.4, -0.2) is 38.2 Å². The van der Waals surface area contributed by atoms with Crippen LogP contribution in [0.3, 0.4) is 0 Å². The van der Waals surface area contributed by atoms with Crippen LogP contribution in [0, 0.1) is 0 Å². The summed E-state index contributed by atoms with van der Waals surface area (Å²) in [7, 11) is -1.63. The molecule has 0 aromatic heterocycles. The van der Waals surface area contributed by atoms with Crippen molar-refractivity contribution < 1.29 is 9.53 Å². The van der Waals surface area contributed by atoms with Gasteiger partial charge in [0.15, 0.2) is 8.32 Å². The summed E-state index contributed by atoms with van der Waals surface area (Å²) >= 11 is 0. The quantitative estimate of drug-likeness (QED) is 0.765. The molecule has 0 amide bonds. The van der Waals surface area contributed by atoms with Gasteiger partial charge >= 0.3 is 0 Å². The summed E-state index contributed by atoms with van der Waals surface area (Å²) in [6.45, 7) is 14.7. The van der Waals surface area contributed by atoms with E-state index in [1.165, 1.54) is 0 Å². The molecule has 4 heteroatoms. The van der Waals surface area contributed by atoms with Gasteiger partial charge in [0.2, 0.25) is 0 Å². The standard InChI is InChI=1S/C13H29NO2Si/c1-12(2,3)17(5,6)16-9-11-7-8-13(4,15)10-14-11/h11,14-15H,7-10H2,1-6H3/t11-,13?/m0/s1. The van der Waals surface area contributed by atoms with E-state index in [1.54, 1.807) is 0 Å². The molecular formula is C13H29NO2Si. The maximum Gasteiger partial charge on any atom is 0.192 e. The van der Waals surface area contributed by atoms with Gasteiger partial charge in [0.05, 0.1) is 5.60 Å². The Morgan fingerprint density at radius 2 is 2.00 bits per heavy atom. The largest absolute Gasteiger partial charge is 0.415 e. The first kappa shape index (κ1) is 15.2. The van der Waals surface area contributed by atoms with Gasteiger partial charge in [-0.25, -0.2) is 0 Å². The molecule has 0 aliphatic carbocycles. The molecule has 0 bridgehead atoms. The normalized spacial score (nSPS) is 31.6. The lowest BCUT2D eigenvalue weighted by Gasteiger charge is -2.39. The number of β-amino-alcohol motifs (C(OH)–C–C–N with tert-alkyl or cyclic N) is 1. The van der Waals surface area contributed by atoms with E-state index in [-0.39, 0.29) is 5.04 Å². The summed E-state index contributed by atoms with van der Waals surface area (Å²) < 4.78 is 6.20. The number of aliphatic hydroxyl groups is 1. The van der Waals surface area contributed by atoms with Crippen LogP contribution < -0.4 is 5.32 Å². The third kappa shape index (κ3) is 4.36. The Balaban J connectivity index is 2.38. The first-order chi connectivity index (χ1) is 7.54. The minimum absolute atomic E-state index is 0.271. The second-order valence-electron chi connectivity index (χ2n) is 7.18. The molecule has 0 aromatic rings. The molecule has 1 unspecified atom stereocenters. The molecule has 102 valence electrons. The summed E-state index contributed by atoms with van der Waals surface area (Å²) in [6.07, 6.45) is 1.87. The van der Waals surface area contributed by atoms with Crippen LogP contribution >= 0.6 is 0 Å². The van der Waals surface area contributed by atoms with Gasteiger partial charge in [-0.3, -0.25) is 0 Å². The fourth-order valence-corrected chi connectivity index (χ4v) is 2.76. The van der Waals surface area contributed by atoms with Crippen molar-refractivity contribution in [1.82, 2.24) is 5.32 Å². The molecule has 2 atom stereocenters. The van der Waals surface area contributed by atoms with E-state index in [9.17, 15) is 5.11 Å². The predicted octanol–water partition coefficient (Wildman–Crippen LogP) is 2.51. The van der Waals surface area contributed by atoms with Crippen molar-refractivity contribution in [2.24, 2.45) is 0 Å². The van der Waals surface area contributed by atoms with Gasteiger partial charge in [0.1, 0.15) is 0 Å². The molecule has 17 heavy (non-hydrogen) atoms. The Kier molecular flexibility index (Phi) is 4.45. The van der Waals surface area contributed by atoms with E-state index in [0.717, 1.165) is 19.4 Å². The van der Waals surface area contributed by atoms with E-state index in [0.29, 0.717) is 12.6 Å². The molecule has 1 aliphatic heterocycles. The molecule has 3 nitrogen and oxygen atoms in total. The van der Waals surface area contributed by atoms with E-state index in [1.807, 2.05) is 6.92 Å². The summed E-state index contributed by atoms with van der Waals surface area (Å²) in [6, 6.07) is 0.407. The minimum atomic E-state index is -1.63. The molecule has 0 radical (unpaired) electrons. The van der Waals surface area contributed by atoms with Crippen molar-refractivity contribution in [3.05, 3.63) is 0 Å². The van der Waals surface area contributed by atoms with Gasteiger partial charge in [-0.05, 0) is 37.9 Å². The third-order valence-corrected chi connectivity index (χ3v) is 8.76. The number of rotatable bonds is 3. The van der Waals surface area contributed by atoms with Gasteiger partial charge in [-0.1, -0.05) is 20.8 Å². The number of nitrogens with one attached hydrogen (secondary N) is 1. The van der Waals surface area contributed by atoms with E-state index >= 15 is 0 Å². The first-order valence-corrected chi connectivity index (χ1v) is 9.54. The third-order valence-electron chi connectivity index (χ3n) is 4.25. The average Bonchev–Trinajstić information content (AvgIpc) is 2.14. The van der Waals surface area contributed by atoms with Gasteiger partial charge in [-0.15, -0.1) is 0 Å². The molecule has 0 aromatic carbocycles. The van der Waals surface area contributed by atoms with Crippen LogP contribution in [-0.2, 0) is 4.43 Å². The Bertz CT molecular complexity index is 249. The number of piperidine rings is 1. The monoisotopic (exact) mass is 259 g/mol. The van der Waals surface area contributed by atoms with Crippen LogP contribution in [0.25, 0.3) is 0 Å². The van der Waals surface area contributed by atoms with E-state index in [2.05, 4.69) is 39.2 Å². The number of hydrogen-bond donors (Lipinski definition) is 2. The zero-order valence-corrected chi connectivity index (χ0v) is 13.3. The summed E-state index contributed by atoms with van der Waals surface area (Å²) in [5.41, 5.74) is -0.534. The van der Waals surface area contributed by atoms with Crippen LogP contribution in [0.15, 0.2) is 0 Å². The summed E-state index contributed by atoms with van der Waals surface area (Å²) in [5.74, 6) is 0. The zero-order chi connectivity index (χ0) is 13.3. The summed E-state index contributed by atoms with van der Waals surface area (Å²) in [4.78, 5) is 0. The Morgan fingerprint density at radius 3 is 2.41 bits per heavy atom. The van der Waals surface area contributed by atoms with Crippen molar-refractivity contribution in [1.29, 1.82) is 0 Å². The van der Waals surface area contributed by atoms with Crippen molar-refractivity contribution in [2.45, 2.75) is 70.3 Å². The van der Waals surface area contributed by atoms with Crippen LogP contribution in [0.4, 0.5) is 0 Å². The van der Waals surface area contributed by atoms with Crippen molar-refractivity contribution in [3.63, 3.8) is 0 Å². The molecule has 1 fully saturated rings. The highest BCUT2D eigenvalue weighted by atomic mass is 28.4. The van der Waals surface area contributed by atoms with Crippen molar-refractivity contribution in [3.8, 4) is 0 Å². The topological polar surface area (TPSA) is 41.5 Å². The lowest BCUT2D eigenvalue weighted by molar-refractivity contribution is 0.0179. The summed E-state index contributed by atoms with van der Waals surface area (Å²) in [5, 5.41) is 13.5. The van der Waals surface area contributed by atoms with Crippen LogP contribution in [0.1, 0.15) is 40.5 Å². The lowest BCUT2D eigenvalue weighted by atomic mass is 9.93. The Labute approximate surface area is 107 Å². The van der Waals surface area contributed by atoms with Crippen molar-refractivity contribution >= 4 is 8.32 Å². The SMILES string of the molecule is CC1(O)CC[C@@H](CO[Si](C)(C)C(C)(C)C)NC1. The molecule has 1 heterocycles. The molecule has 1 saturated heterocycles. The van der Waals surface area contributed by atoms with Gasteiger partial charge in [-0.2, -0.15) is 0 Å². The zero-order valence-electron chi connectivity index (χ0n) is 12.3. The fourth-order valence-electron chi connectivity index (χ4n) is 1.71. The Morgan fingerprint density at radius 1 is 1.41 bits per heavy atom. The van der Waals surface area contributed by atoms with Crippen LogP contribution in [0.5, 0.6) is 0 Å². The molecular weight excluding hydrogens is 230 g/mol.